The van der Waals surface area contributed by atoms with E-state index in [1.54, 1.807) is 12.1 Å². The minimum atomic E-state index is -0.261. The number of halogens is 1. The van der Waals surface area contributed by atoms with Crippen molar-refractivity contribution in [1.82, 2.24) is 15.2 Å². The number of nitrogens with zero attached hydrogens (tertiary/aromatic N) is 2. The molecule has 156 valence electrons. The van der Waals surface area contributed by atoms with Gasteiger partial charge in [0.15, 0.2) is 0 Å². The summed E-state index contributed by atoms with van der Waals surface area (Å²) in [6.45, 7) is 2.95. The van der Waals surface area contributed by atoms with Crippen LogP contribution >= 0.6 is 11.6 Å². The third-order valence-corrected chi connectivity index (χ3v) is 5.41. The average molecular weight is 419 g/mol. The van der Waals surface area contributed by atoms with Gasteiger partial charge in [0, 0.05) is 50.2 Å². The molecule has 1 aliphatic rings. The van der Waals surface area contributed by atoms with Crippen LogP contribution in [0.1, 0.15) is 18.4 Å². The summed E-state index contributed by atoms with van der Waals surface area (Å²) in [5.41, 5.74) is 1.81. The number of benzene rings is 1. The third-order valence-electron chi connectivity index (χ3n) is 5.11. The van der Waals surface area contributed by atoms with Gasteiger partial charge in [0.05, 0.1) is 24.9 Å². The Morgan fingerprint density at radius 1 is 1.17 bits per heavy atom. The quantitative estimate of drug-likeness (QED) is 0.718. The molecular weight excluding hydrogens is 392 g/mol. The Kier molecular flexibility index (Phi) is 7.55. The van der Waals surface area contributed by atoms with Gasteiger partial charge in [0.2, 0.25) is 0 Å². The van der Waals surface area contributed by atoms with Crippen LogP contribution in [0.2, 0.25) is 5.02 Å². The highest BCUT2D eigenvalue weighted by Gasteiger charge is 2.21. The fourth-order valence-corrected chi connectivity index (χ4v) is 3.67. The van der Waals surface area contributed by atoms with Crippen LogP contribution in [-0.4, -0.2) is 55.8 Å². The number of likely N-dealkylation sites (tertiary alicyclic amines) is 1. The van der Waals surface area contributed by atoms with Crippen molar-refractivity contribution in [3.8, 4) is 11.5 Å². The first-order valence-corrected chi connectivity index (χ1v) is 10.1. The Labute approximate surface area is 176 Å². The monoisotopic (exact) mass is 418 g/mol. The number of methoxy groups -OCH3 is 2. The van der Waals surface area contributed by atoms with Crippen molar-refractivity contribution < 1.29 is 14.3 Å². The Morgan fingerprint density at radius 3 is 2.52 bits per heavy atom. The summed E-state index contributed by atoms with van der Waals surface area (Å²) in [5.74, 6) is 0.960. The fourth-order valence-electron chi connectivity index (χ4n) is 3.44. The summed E-state index contributed by atoms with van der Waals surface area (Å²) < 4.78 is 10.5. The van der Waals surface area contributed by atoms with Gasteiger partial charge in [0.1, 0.15) is 11.5 Å². The Morgan fingerprint density at radius 2 is 1.86 bits per heavy atom. The van der Waals surface area contributed by atoms with E-state index in [0.29, 0.717) is 22.2 Å². The van der Waals surface area contributed by atoms with Gasteiger partial charge >= 0.3 is 6.03 Å². The van der Waals surface area contributed by atoms with E-state index < -0.39 is 0 Å². The minimum Gasteiger partial charge on any atom is -0.495 e. The largest absolute Gasteiger partial charge is 0.495 e. The van der Waals surface area contributed by atoms with E-state index in [4.69, 9.17) is 21.1 Å². The predicted molar refractivity (Wildman–Crippen MR) is 114 cm³/mol. The number of carbonyl (C=O) groups excluding carboxylic acids is 1. The molecule has 0 spiro atoms. The normalized spacial score (nSPS) is 15.0. The topological polar surface area (TPSA) is 75.7 Å². The second kappa shape index (κ2) is 10.3. The molecule has 2 N–H and O–H groups in total. The van der Waals surface area contributed by atoms with Crippen LogP contribution in [0.4, 0.5) is 10.5 Å². The van der Waals surface area contributed by atoms with E-state index in [-0.39, 0.29) is 12.1 Å². The van der Waals surface area contributed by atoms with Gasteiger partial charge in [-0.25, -0.2) is 4.79 Å². The zero-order valence-corrected chi connectivity index (χ0v) is 17.5. The van der Waals surface area contributed by atoms with Gasteiger partial charge in [0.25, 0.3) is 0 Å². The summed E-state index contributed by atoms with van der Waals surface area (Å²) in [5, 5.41) is 6.31. The molecule has 0 atom stereocenters. The summed E-state index contributed by atoms with van der Waals surface area (Å²) in [6.07, 6.45) is 6.51. The van der Waals surface area contributed by atoms with Crippen LogP contribution in [0, 0.1) is 0 Å². The van der Waals surface area contributed by atoms with E-state index in [1.165, 1.54) is 19.8 Å². The molecular formula is C21H27ClN4O3. The predicted octanol–water partition coefficient (Wildman–Crippen LogP) is 3.58. The zero-order valence-electron chi connectivity index (χ0n) is 16.8. The average Bonchev–Trinajstić information content (AvgIpc) is 2.75. The molecule has 1 fully saturated rings. The number of rotatable bonds is 7. The second-order valence-electron chi connectivity index (χ2n) is 7.01. The first kappa shape index (κ1) is 21.2. The molecule has 0 aliphatic carbocycles. The molecule has 0 unspecified atom stereocenters. The first-order valence-electron chi connectivity index (χ1n) is 9.69. The molecule has 29 heavy (non-hydrogen) atoms. The van der Waals surface area contributed by atoms with Crippen molar-refractivity contribution in [2.75, 3.05) is 39.2 Å². The minimum absolute atomic E-state index is 0.146. The van der Waals surface area contributed by atoms with E-state index in [1.807, 2.05) is 12.4 Å². The highest BCUT2D eigenvalue weighted by molar-refractivity contribution is 6.32. The second-order valence-corrected chi connectivity index (χ2v) is 7.41. The number of urea groups is 1. The van der Waals surface area contributed by atoms with Crippen LogP contribution in [-0.2, 0) is 6.42 Å². The maximum absolute atomic E-state index is 12.5. The number of aromatic nitrogens is 1. The number of piperidine rings is 1. The van der Waals surface area contributed by atoms with Gasteiger partial charge in [-0.2, -0.15) is 0 Å². The van der Waals surface area contributed by atoms with Gasteiger partial charge in [-0.15, -0.1) is 0 Å². The SMILES string of the molecule is COc1cc(NC(=O)NC2CCN(CCc3ccncc3)CC2)c(OC)cc1Cl. The molecule has 0 saturated carbocycles. The molecule has 0 radical (unpaired) electrons. The molecule has 8 heteroatoms. The van der Waals surface area contributed by atoms with Crippen LogP contribution in [0.25, 0.3) is 0 Å². The Balaban J connectivity index is 1.46. The molecule has 1 aliphatic heterocycles. The highest BCUT2D eigenvalue weighted by atomic mass is 35.5. The van der Waals surface area contributed by atoms with Crippen molar-refractivity contribution in [1.29, 1.82) is 0 Å². The van der Waals surface area contributed by atoms with Crippen molar-refractivity contribution in [3.05, 3.63) is 47.2 Å². The molecule has 2 heterocycles. The lowest BCUT2D eigenvalue weighted by molar-refractivity contribution is 0.197. The van der Waals surface area contributed by atoms with Crippen molar-refractivity contribution >= 4 is 23.3 Å². The standard InChI is InChI=1S/C21H27ClN4O3/c1-28-19-14-18(20(29-2)13-17(19)22)25-21(27)24-16-6-11-26(12-7-16)10-5-15-3-8-23-9-4-15/h3-4,8-9,13-14,16H,5-7,10-12H2,1-2H3,(H2,24,25,27). The van der Waals surface area contributed by atoms with E-state index in [2.05, 4.69) is 32.7 Å². The Bertz CT molecular complexity index is 811. The Hall–Kier alpha value is -2.51. The number of pyridine rings is 1. The molecule has 7 nitrogen and oxygen atoms in total. The lowest BCUT2D eigenvalue weighted by Gasteiger charge is -2.32. The number of hydrogen-bond donors (Lipinski definition) is 2. The highest BCUT2D eigenvalue weighted by Crippen LogP contribution is 2.35. The molecule has 1 aromatic heterocycles. The lowest BCUT2D eigenvalue weighted by atomic mass is 10.0. The molecule has 1 aromatic carbocycles. The van der Waals surface area contributed by atoms with E-state index in [0.717, 1.165) is 38.9 Å². The van der Waals surface area contributed by atoms with Gasteiger partial charge in [-0.3, -0.25) is 4.98 Å². The summed E-state index contributed by atoms with van der Waals surface area (Å²) in [4.78, 5) is 18.9. The van der Waals surface area contributed by atoms with Gasteiger partial charge in [-0.05, 0) is 37.0 Å². The first-order chi connectivity index (χ1) is 14.1. The molecule has 3 rings (SSSR count). The fraction of sp³-hybridized carbons (Fsp3) is 0.429. The van der Waals surface area contributed by atoms with Gasteiger partial charge < -0.3 is 25.0 Å². The molecule has 0 bridgehead atoms. The third kappa shape index (κ3) is 5.98. The number of amides is 2. The summed E-state index contributed by atoms with van der Waals surface area (Å²) >= 11 is 6.11. The van der Waals surface area contributed by atoms with Gasteiger partial charge in [-0.1, -0.05) is 11.6 Å². The summed E-state index contributed by atoms with van der Waals surface area (Å²) in [7, 11) is 3.06. The number of carbonyl (C=O) groups is 1. The molecule has 1 saturated heterocycles. The lowest BCUT2D eigenvalue weighted by Crippen LogP contribution is -2.46. The maximum atomic E-state index is 12.5. The van der Waals surface area contributed by atoms with Crippen LogP contribution in [0.15, 0.2) is 36.7 Å². The summed E-state index contributed by atoms with van der Waals surface area (Å²) in [6, 6.07) is 7.27. The maximum Gasteiger partial charge on any atom is 0.319 e. The van der Waals surface area contributed by atoms with Crippen molar-refractivity contribution in [2.45, 2.75) is 25.3 Å². The van der Waals surface area contributed by atoms with Crippen molar-refractivity contribution in [3.63, 3.8) is 0 Å². The van der Waals surface area contributed by atoms with Crippen LogP contribution in [0.5, 0.6) is 11.5 Å². The van der Waals surface area contributed by atoms with Crippen molar-refractivity contribution in [2.24, 2.45) is 0 Å². The number of nitrogens with one attached hydrogen (secondary N) is 2. The van der Waals surface area contributed by atoms with Crippen LogP contribution < -0.4 is 20.1 Å². The number of ether oxygens (including phenoxy) is 2. The molecule has 2 amide bonds. The molecule has 2 aromatic rings. The van der Waals surface area contributed by atoms with E-state index >= 15 is 0 Å². The zero-order chi connectivity index (χ0) is 20.6. The number of anilines is 1. The van der Waals surface area contributed by atoms with E-state index in [9.17, 15) is 4.79 Å². The smallest absolute Gasteiger partial charge is 0.319 e. The van der Waals surface area contributed by atoms with Crippen LogP contribution in [0.3, 0.4) is 0 Å². The number of hydrogen-bond acceptors (Lipinski definition) is 5.